The van der Waals surface area contributed by atoms with Crippen LogP contribution in [0, 0.1) is 5.92 Å². The number of aryl methyl sites for hydroxylation is 2. The molecule has 1 aliphatic carbocycles. The maximum atomic E-state index is 12.2. The van der Waals surface area contributed by atoms with Gasteiger partial charge in [-0.05, 0) is 55.2 Å². The van der Waals surface area contributed by atoms with Gasteiger partial charge in [0.25, 0.3) is 0 Å². The maximum absolute atomic E-state index is 12.2. The van der Waals surface area contributed by atoms with Gasteiger partial charge in [0.1, 0.15) is 30.2 Å². The van der Waals surface area contributed by atoms with Crippen LogP contribution in [0.4, 0.5) is 0 Å². The molecule has 0 bridgehead atoms. The molecule has 5 nitrogen and oxygen atoms in total. The van der Waals surface area contributed by atoms with Gasteiger partial charge in [0.15, 0.2) is 0 Å². The summed E-state index contributed by atoms with van der Waals surface area (Å²) in [5.41, 5.74) is 1.76. The highest BCUT2D eigenvalue weighted by molar-refractivity contribution is 5.98. The summed E-state index contributed by atoms with van der Waals surface area (Å²) in [5, 5.41) is 0. The zero-order valence-corrected chi connectivity index (χ0v) is 17.1. The molecule has 0 radical (unpaired) electrons. The quantitative estimate of drug-likeness (QED) is 0.363. The van der Waals surface area contributed by atoms with E-state index in [0.717, 1.165) is 44.3 Å². The summed E-state index contributed by atoms with van der Waals surface area (Å²) in [7, 11) is 1.66. The molecule has 1 aromatic carbocycles. The van der Waals surface area contributed by atoms with Crippen LogP contribution in [0.25, 0.3) is 0 Å². The first-order valence-corrected chi connectivity index (χ1v) is 10.5. The standard InChI is InChI=1S/C23H32O5/c1-3-18-14-17(8-9-21(18)27-13-12-26-2)10-11-23(19-6-4-5-7-19)16-20(24)15-22(25)28-23/h8-9,14,19H,3-7,10-13,15-16H2,1-2H3. The highest BCUT2D eigenvalue weighted by atomic mass is 16.6. The number of benzene rings is 1. The second-order valence-corrected chi connectivity index (χ2v) is 8.05. The van der Waals surface area contributed by atoms with Crippen molar-refractivity contribution in [3.8, 4) is 5.75 Å². The highest BCUT2D eigenvalue weighted by Gasteiger charge is 2.47. The number of hydrogen-bond acceptors (Lipinski definition) is 5. The minimum atomic E-state index is -0.608. The lowest BCUT2D eigenvalue weighted by atomic mass is 9.76. The number of ether oxygens (including phenoxy) is 3. The van der Waals surface area contributed by atoms with Crippen LogP contribution in [0.15, 0.2) is 18.2 Å². The normalized spacial score (nSPS) is 23.1. The Balaban J connectivity index is 1.72. The molecule has 28 heavy (non-hydrogen) atoms. The van der Waals surface area contributed by atoms with E-state index in [4.69, 9.17) is 14.2 Å². The third kappa shape index (κ3) is 4.93. The molecule has 2 aliphatic rings. The summed E-state index contributed by atoms with van der Waals surface area (Å²) in [6.45, 7) is 3.21. The van der Waals surface area contributed by atoms with Gasteiger partial charge in [-0.3, -0.25) is 9.59 Å². The van der Waals surface area contributed by atoms with E-state index in [1.54, 1.807) is 7.11 Å². The van der Waals surface area contributed by atoms with Gasteiger partial charge in [-0.25, -0.2) is 0 Å². The summed E-state index contributed by atoms with van der Waals surface area (Å²) in [6, 6.07) is 6.27. The van der Waals surface area contributed by atoms with E-state index in [-0.39, 0.29) is 18.2 Å². The summed E-state index contributed by atoms with van der Waals surface area (Å²) in [4.78, 5) is 24.3. The van der Waals surface area contributed by atoms with E-state index < -0.39 is 5.60 Å². The van der Waals surface area contributed by atoms with Crippen LogP contribution >= 0.6 is 0 Å². The second kappa shape index (κ2) is 9.55. The van der Waals surface area contributed by atoms with Crippen LogP contribution in [0.1, 0.15) is 63.0 Å². The van der Waals surface area contributed by atoms with Gasteiger partial charge in [0, 0.05) is 13.5 Å². The number of methoxy groups -OCH3 is 1. The molecule has 0 N–H and O–H groups in total. The molecule has 1 saturated heterocycles. The fraction of sp³-hybridized carbons (Fsp3) is 0.652. The lowest BCUT2D eigenvalue weighted by Gasteiger charge is -2.41. The van der Waals surface area contributed by atoms with E-state index in [0.29, 0.717) is 32.0 Å². The van der Waals surface area contributed by atoms with Gasteiger partial charge in [0.2, 0.25) is 0 Å². The fourth-order valence-electron chi connectivity index (χ4n) is 4.68. The minimum absolute atomic E-state index is 0.0271. The Hall–Kier alpha value is -1.88. The Bertz CT molecular complexity index is 674. The Morgan fingerprint density at radius 2 is 1.96 bits per heavy atom. The number of Topliss-reactive ketones (excluding diaryl/α,β-unsaturated/α-hetero) is 1. The van der Waals surface area contributed by atoms with Crippen molar-refractivity contribution in [2.24, 2.45) is 5.92 Å². The molecule has 5 heteroatoms. The molecule has 0 aromatic heterocycles. The second-order valence-electron chi connectivity index (χ2n) is 8.05. The maximum Gasteiger partial charge on any atom is 0.313 e. The molecule has 1 saturated carbocycles. The van der Waals surface area contributed by atoms with Crippen molar-refractivity contribution in [2.45, 2.75) is 70.3 Å². The number of carbonyl (C=O) groups is 2. The van der Waals surface area contributed by atoms with E-state index in [2.05, 4.69) is 19.1 Å². The molecule has 1 atom stereocenters. The largest absolute Gasteiger partial charge is 0.491 e. The predicted octanol–water partition coefficient (Wildman–Crippen LogP) is 4.04. The van der Waals surface area contributed by atoms with Crippen LogP contribution < -0.4 is 4.74 Å². The fourth-order valence-corrected chi connectivity index (χ4v) is 4.68. The van der Waals surface area contributed by atoms with Crippen LogP contribution in [0.2, 0.25) is 0 Å². The van der Waals surface area contributed by atoms with Crippen molar-refractivity contribution < 1.29 is 23.8 Å². The van der Waals surface area contributed by atoms with E-state index in [1.165, 1.54) is 11.1 Å². The summed E-state index contributed by atoms with van der Waals surface area (Å²) in [5.74, 6) is 0.884. The van der Waals surface area contributed by atoms with E-state index >= 15 is 0 Å². The number of esters is 1. The van der Waals surface area contributed by atoms with Crippen LogP contribution in [0.5, 0.6) is 5.75 Å². The zero-order valence-electron chi connectivity index (χ0n) is 17.1. The summed E-state index contributed by atoms with van der Waals surface area (Å²) < 4.78 is 16.8. The van der Waals surface area contributed by atoms with E-state index in [1.807, 2.05) is 6.07 Å². The third-order valence-electron chi connectivity index (χ3n) is 6.14. The molecule has 0 amide bonds. The Kier molecular flexibility index (Phi) is 7.11. The number of ketones is 1. The third-order valence-corrected chi connectivity index (χ3v) is 6.14. The first-order chi connectivity index (χ1) is 13.6. The van der Waals surface area contributed by atoms with Crippen molar-refractivity contribution >= 4 is 11.8 Å². The van der Waals surface area contributed by atoms with Crippen LogP contribution in [0.3, 0.4) is 0 Å². The molecule has 2 fully saturated rings. The van der Waals surface area contributed by atoms with Gasteiger partial charge in [-0.2, -0.15) is 0 Å². The molecule has 1 heterocycles. The van der Waals surface area contributed by atoms with Crippen LogP contribution in [-0.2, 0) is 31.9 Å². The van der Waals surface area contributed by atoms with Crippen molar-refractivity contribution in [1.82, 2.24) is 0 Å². The number of hydrogen-bond donors (Lipinski definition) is 0. The smallest absolute Gasteiger partial charge is 0.313 e. The molecule has 3 rings (SSSR count). The molecule has 1 aromatic rings. The van der Waals surface area contributed by atoms with Crippen molar-refractivity contribution in [3.05, 3.63) is 29.3 Å². The number of cyclic esters (lactones) is 1. The van der Waals surface area contributed by atoms with Gasteiger partial charge >= 0.3 is 5.97 Å². The van der Waals surface area contributed by atoms with Crippen LogP contribution in [-0.4, -0.2) is 37.7 Å². The van der Waals surface area contributed by atoms with Gasteiger partial charge in [-0.1, -0.05) is 31.9 Å². The Morgan fingerprint density at radius 3 is 2.64 bits per heavy atom. The molecule has 1 aliphatic heterocycles. The summed E-state index contributed by atoms with van der Waals surface area (Å²) in [6.07, 6.45) is 7.11. The molecular formula is C23H32O5. The molecular weight excluding hydrogens is 356 g/mol. The van der Waals surface area contributed by atoms with Crippen molar-refractivity contribution in [1.29, 1.82) is 0 Å². The highest BCUT2D eigenvalue weighted by Crippen LogP contribution is 2.44. The topological polar surface area (TPSA) is 61.8 Å². The lowest BCUT2D eigenvalue weighted by molar-refractivity contribution is -0.178. The minimum Gasteiger partial charge on any atom is -0.491 e. The zero-order chi connectivity index (χ0) is 20.0. The van der Waals surface area contributed by atoms with Gasteiger partial charge in [0.05, 0.1) is 6.61 Å². The van der Waals surface area contributed by atoms with Crippen molar-refractivity contribution in [3.63, 3.8) is 0 Å². The lowest BCUT2D eigenvalue weighted by Crippen LogP contribution is -2.48. The average molecular weight is 389 g/mol. The number of rotatable bonds is 9. The monoisotopic (exact) mass is 388 g/mol. The first kappa shape index (κ1) is 20.8. The van der Waals surface area contributed by atoms with Crippen molar-refractivity contribution in [2.75, 3.05) is 20.3 Å². The number of carbonyl (C=O) groups excluding carboxylic acids is 2. The average Bonchev–Trinajstić information content (AvgIpc) is 3.22. The molecule has 1 unspecified atom stereocenters. The first-order valence-electron chi connectivity index (χ1n) is 10.5. The van der Waals surface area contributed by atoms with Gasteiger partial charge in [-0.15, -0.1) is 0 Å². The Morgan fingerprint density at radius 1 is 1.18 bits per heavy atom. The molecule has 154 valence electrons. The van der Waals surface area contributed by atoms with E-state index in [9.17, 15) is 9.59 Å². The predicted molar refractivity (Wildman–Crippen MR) is 107 cm³/mol. The SMILES string of the molecule is CCc1cc(CCC2(C3CCCC3)CC(=O)CC(=O)O2)ccc1OCCOC. The summed E-state index contributed by atoms with van der Waals surface area (Å²) >= 11 is 0. The Labute approximate surface area is 167 Å². The van der Waals surface area contributed by atoms with Gasteiger partial charge < -0.3 is 14.2 Å². The molecule has 0 spiro atoms.